The van der Waals surface area contributed by atoms with Crippen LogP contribution in [0.2, 0.25) is 5.02 Å². The highest BCUT2D eigenvalue weighted by atomic mass is 35.5. The Labute approximate surface area is 141 Å². The van der Waals surface area contributed by atoms with Crippen molar-refractivity contribution in [2.45, 2.75) is 24.8 Å². The van der Waals surface area contributed by atoms with Crippen LogP contribution < -0.4 is 0 Å². The van der Waals surface area contributed by atoms with Crippen LogP contribution in [0.25, 0.3) is 0 Å². The summed E-state index contributed by atoms with van der Waals surface area (Å²) in [5.41, 5.74) is 0.756. The summed E-state index contributed by atoms with van der Waals surface area (Å²) in [4.78, 5) is -0.0650. The lowest BCUT2D eigenvalue weighted by molar-refractivity contribution is 0.405. The van der Waals surface area contributed by atoms with Crippen molar-refractivity contribution in [3.8, 4) is 6.07 Å². The Hall–Kier alpha value is -1.88. The van der Waals surface area contributed by atoms with Crippen LogP contribution in [0.5, 0.6) is 0 Å². The van der Waals surface area contributed by atoms with Gasteiger partial charge in [0.15, 0.2) is 0 Å². The maximum Gasteiger partial charge on any atom is 0.244 e. The first-order valence-corrected chi connectivity index (χ1v) is 8.88. The molecule has 0 N–H and O–H groups in total. The number of benzene rings is 1. The van der Waals surface area contributed by atoms with Crippen molar-refractivity contribution in [2.75, 3.05) is 6.54 Å². The van der Waals surface area contributed by atoms with E-state index in [4.69, 9.17) is 11.6 Å². The van der Waals surface area contributed by atoms with Crippen molar-refractivity contribution in [1.82, 2.24) is 14.1 Å². The fourth-order valence-corrected chi connectivity index (χ4v) is 4.21. The monoisotopic (exact) mass is 352 g/mol. The van der Waals surface area contributed by atoms with Gasteiger partial charge in [-0.2, -0.15) is 14.7 Å². The highest BCUT2D eigenvalue weighted by Crippen LogP contribution is 2.26. The van der Waals surface area contributed by atoms with E-state index in [1.165, 1.54) is 22.5 Å². The number of rotatable bonds is 6. The Kier molecular flexibility index (Phi) is 5.42. The summed E-state index contributed by atoms with van der Waals surface area (Å²) in [5, 5.41) is 13.4. The molecule has 0 amide bonds. The number of halogens is 1. The Morgan fingerprint density at radius 2 is 2.17 bits per heavy atom. The number of aromatic nitrogens is 2. The smallest absolute Gasteiger partial charge is 0.244 e. The summed E-state index contributed by atoms with van der Waals surface area (Å²) in [6, 6.07) is 6.33. The van der Waals surface area contributed by atoms with Gasteiger partial charge in [-0.05, 0) is 18.6 Å². The van der Waals surface area contributed by atoms with E-state index < -0.39 is 10.0 Å². The van der Waals surface area contributed by atoms with Crippen LogP contribution in [0, 0.1) is 11.3 Å². The van der Waals surface area contributed by atoms with Gasteiger partial charge < -0.3 is 0 Å². The number of sulfonamides is 1. The number of aryl methyl sites for hydroxylation is 1. The predicted molar refractivity (Wildman–Crippen MR) is 87.3 cm³/mol. The highest BCUT2D eigenvalue weighted by Gasteiger charge is 2.28. The first-order chi connectivity index (χ1) is 10.9. The molecule has 0 aliphatic heterocycles. The molecule has 6 nitrogen and oxygen atoms in total. The third-order valence-corrected chi connectivity index (χ3v) is 5.50. The topological polar surface area (TPSA) is 79.0 Å². The molecular formula is C15H17ClN4O2S. The van der Waals surface area contributed by atoms with Crippen LogP contribution in [-0.4, -0.2) is 29.0 Å². The van der Waals surface area contributed by atoms with Crippen LogP contribution in [0.3, 0.4) is 0 Å². The molecule has 0 fully saturated rings. The van der Waals surface area contributed by atoms with Crippen molar-refractivity contribution in [2.24, 2.45) is 7.05 Å². The average Bonchev–Trinajstić information content (AvgIpc) is 2.91. The van der Waals surface area contributed by atoms with E-state index in [0.29, 0.717) is 13.0 Å². The molecule has 1 aromatic carbocycles. The van der Waals surface area contributed by atoms with E-state index in [2.05, 4.69) is 5.10 Å². The maximum atomic E-state index is 13.0. The lowest BCUT2D eigenvalue weighted by Crippen LogP contribution is -2.31. The molecule has 0 saturated carbocycles. The highest BCUT2D eigenvalue weighted by molar-refractivity contribution is 7.89. The zero-order chi connectivity index (χ0) is 17.0. The van der Waals surface area contributed by atoms with Crippen molar-refractivity contribution >= 4 is 21.6 Å². The van der Waals surface area contributed by atoms with Crippen LogP contribution in [0.4, 0.5) is 0 Å². The molecule has 0 saturated heterocycles. The third-order valence-electron chi connectivity index (χ3n) is 3.30. The third kappa shape index (κ3) is 3.72. The van der Waals surface area contributed by atoms with Crippen LogP contribution >= 0.6 is 11.6 Å². The molecule has 0 aliphatic rings. The number of nitriles is 1. The maximum absolute atomic E-state index is 13.0. The van der Waals surface area contributed by atoms with Crippen LogP contribution in [0.15, 0.2) is 35.5 Å². The molecular weight excluding hydrogens is 336 g/mol. The second-order valence-electron chi connectivity index (χ2n) is 5.09. The fourth-order valence-electron chi connectivity index (χ4n) is 2.26. The molecule has 0 radical (unpaired) electrons. The van der Waals surface area contributed by atoms with Gasteiger partial charge in [0.05, 0.1) is 16.8 Å². The number of hydrogen-bond acceptors (Lipinski definition) is 4. The van der Waals surface area contributed by atoms with Gasteiger partial charge in [-0.25, -0.2) is 8.42 Å². The van der Waals surface area contributed by atoms with Crippen LogP contribution in [-0.2, 0) is 23.6 Å². The summed E-state index contributed by atoms with van der Waals surface area (Å²) in [7, 11) is -2.06. The van der Waals surface area contributed by atoms with E-state index in [0.717, 1.165) is 5.56 Å². The van der Waals surface area contributed by atoms with Gasteiger partial charge in [-0.3, -0.25) is 4.68 Å². The van der Waals surface area contributed by atoms with Gasteiger partial charge in [-0.1, -0.05) is 24.6 Å². The summed E-state index contributed by atoms with van der Waals surface area (Å²) >= 11 is 5.96. The Morgan fingerprint density at radius 1 is 1.43 bits per heavy atom. The minimum absolute atomic E-state index is 0.0264. The summed E-state index contributed by atoms with van der Waals surface area (Å²) in [6.45, 7) is 2.44. The lowest BCUT2D eigenvalue weighted by Gasteiger charge is -2.21. The molecule has 2 aromatic rings. The molecule has 0 atom stereocenters. The Morgan fingerprint density at radius 3 is 2.74 bits per heavy atom. The SMILES string of the molecule is CCCN(Cc1cnn(C)c1)S(=O)(=O)c1cccc(Cl)c1C#N. The van der Waals surface area contributed by atoms with Crippen molar-refractivity contribution in [3.63, 3.8) is 0 Å². The van der Waals surface area contributed by atoms with Crippen LogP contribution in [0.1, 0.15) is 24.5 Å². The largest absolute Gasteiger partial charge is 0.275 e. The van der Waals surface area contributed by atoms with Crippen molar-refractivity contribution in [1.29, 1.82) is 5.26 Å². The standard InChI is InChI=1S/C15H17ClN4O2S/c1-3-7-20(11-12-9-18-19(2)10-12)23(21,22)15-6-4-5-14(16)13(15)8-17/h4-6,9-10H,3,7,11H2,1-2H3. The first-order valence-electron chi connectivity index (χ1n) is 7.06. The molecule has 8 heteroatoms. The molecule has 1 heterocycles. The second-order valence-corrected chi connectivity index (χ2v) is 7.40. The minimum atomic E-state index is -3.83. The summed E-state index contributed by atoms with van der Waals surface area (Å²) in [5.74, 6) is 0. The van der Waals surface area contributed by atoms with E-state index in [1.807, 2.05) is 13.0 Å². The van der Waals surface area contributed by atoms with Gasteiger partial charge in [-0.15, -0.1) is 0 Å². The number of hydrogen-bond donors (Lipinski definition) is 0. The van der Waals surface area contributed by atoms with Crippen molar-refractivity contribution in [3.05, 3.63) is 46.7 Å². The predicted octanol–water partition coefficient (Wildman–Crippen LogP) is 2.55. The molecule has 0 bridgehead atoms. The Bertz CT molecular complexity index is 839. The summed E-state index contributed by atoms with van der Waals surface area (Å²) < 4.78 is 28.9. The minimum Gasteiger partial charge on any atom is -0.275 e. The zero-order valence-corrected chi connectivity index (χ0v) is 14.5. The second kappa shape index (κ2) is 7.13. The fraction of sp³-hybridized carbons (Fsp3) is 0.333. The first kappa shape index (κ1) is 17.5. The molecule has 0 spiro atoms. The van der Waals surface area contributed by atoms with Gasteiger partial charge >= 0.3 is 0 Å². The average molecular weight is 353 g/mol. The quantitative estimate of drug-likeness (QED) is 0.800. The Balaban J connectivity index is 2.45. The van der Waals surface area contributed by atoms with E-state index in [-0.39, 0.29) is 22.0 Å². The molecule has 0 unspecified atom stereocenters. The van der Waals surface area contributed by atoms with Gasteiger partial charge in [0, 0.05) is 31.9 Å². The van der Waals surface area contributed by atoms with Crippen molar-refractivity contribution < 1.29 is 8.42 Å². The van der Waals surface area contributed by atoms with E-state index in [1.54, 1.807) is 24.1 Å². The lowest BCUT2D eigenvalue weighted by atomic mass is 10.2. The molecule has 23 heavy (non-hydrogen) atoms. The summed E-state index contributed by atoms with van der Waals surface area (Å²) in [6.07, 6.45) is 4.05. The van der Waals surface area contributed by atoms with Gasteiger partial charge in [0.25, 0.3) is 0 Å². The van der Waals surface area contributed by atoms with Gasteiger partial charge in [0.2, 0.25) is 10.0 Å². The normalized spacial score (nSPS) is 11.6. The van der Waals surface area contributed by atoms with Gasteiger partial charge in [0.1, 0.15) is 11.0 Å². The number of nitrogens with zero attached hydrogens (tertiary/aromatic N) is 4. The molecule has 0 aliphatic carbocycles. The molecule has 1 aromatic heterocycles. The van der Waals surface area contributed by atoms with E-state index in [9.17, 15) is 13.7 Å². The van der Waals surface area contributed by atoms with E-state index >= 15 is 0 Å². The molecule has 122 valence electrons. The zero-order valence-electron chi connectivity index (χ0n) is 12.9. The molecule has 2 rings (SSSR count).